The first kappa shape index (κ1) is 13.1. The van der Waals surface area contributed by atoms with Crippen LogP contribution in [0.3, 0.4) is 0 Å². The van der Waals surface area contributed by atoms with Crippen molar-refractivity contribution in [3.05, 3.63) is 65.0 Å². The lowest BCUT2D eigenvalue weighted by Gasteiger charge is -2.10. The molecule has 0 heterocycles. The van der Waals surface area contributed by atoms with Gasteiger partial charge in [-0.25, -0.2) is 4.39 Å². The molecule has 0 aliphatic rings. The number of hydrogen-bond donors (Lipinski definition) is 2. The Hall–Kier alpha value is -2.38. The minimum absolute atomic E-state index is 0.0368. The van der Waals surface area contributed by atoms with Crippen LogP contribution in [0.25, 0.3) is 0 Å². The van der Waals surface area contributed by atoms with Crippen LogP contribution >= 0.6 is 0 Å². The fraction of sp³-hybridized carbons (Fsp3) is 0.133. The maximum atomic E-state index is 13.2. The number of nitriles is 1. The molecule has 2 N–H and O–H groups in total. The molecule has 96 valence electrons. The molecule has 0 radical (unpaired) electrons. The molecule has 3 nitrogen and oxygen atoms in total. The third-order valence-corrected chi connectivity index (χ3v) is 2.82. The van der Waals surface area contributed by atoms with Crippen LogP contribution in [0, 0.1) is 17.1 Å². The predicted molar refractivity (Wildman–Crippen MR) is 70.8 cm³/mol. The number of aliphatic hydroxyl groups is 1. The fourth-order valence-electron chi connectivity index (χ4n) is 1.80. The average Bonchev–Trinajstić information content (AvgIpc) is 2.46. The highest BCUT2D eigenvalue weighted by molar-refractivity contribution is 5.51. The summed E-state index contributed by atoms with van der Waals surface area (Å²) in [6, 6.07) is 13.7. The summed E-state index contributed by atoms with van der Waals surface area (Å²) in [6.45, 7) is 0.419. The molecule has 0 aromatic heterocycles. The second kappa shape index (κ2) is 5.98. The molecule has 0 aliphatic carbocycles. The van der Waals surface area contributed by atoms with Gasteiger partial charge in [-0.2, -0.15) is 5.26 Å². The van der Waals surface area contributed by atoms with Crippen LogP contribution in [-0.2, 0) is 13.2 Å². The van der Waals surface area contributed by atoms with Crippen molar-refractivity contribution in [3.8, 4) is 6.07 Å². The highest BCUT2D eigenvalue weighted by atomic mass is 19.1. The molecule has 19 heavy (non-hydrogen) atoms. The van der Waals surface area contributed by atoms with E-state index in [2.05, 4.69) is 5.32 Å². The molecule has 0 aliphatic heterocycles. The van der Waals surface area contributed by atoms with Crippen molar-refractivity contribution in [1.82, 2.24) is 0 Å². The molecule has 0 saturated carbocycles. The van der Waals surface area contributed by atoms with Crippen LogP contribution in [0.15, 0.2) is 42.5 Å². The quantitative estimate of drug-likeness (QED) is 0.884. The van der Waals surface area contributed by atoms with Crippen LogP contribution in [0.2, 0.25) is 0 Å². The van der Waals surface area contributed by atoms with Crippen molar-refractivity contribution in [2.24, 2.45) is 0 Å². The van der Waals surface area contributed by atoms with E-state index in [1.807, 2.05) is 30.3 Å². The first-order valence-electron chi connectivity index (χ1n) is 5.85. The second-order valence-electron chi connectivity index (χ2n) is 4.09. The lowest BCUT2D eigenvalue weighted by atomic mass is 10.1. The van der Waals surface area contributed by atoms with E-state index < -0.39 is 5.82 Å². The van der Waals surface area contributed by atoms with Gasteiger partial charge in [0, 0.05) is 17.8 Å². The highest BCUT2D eigenvalue weighted by Gasteiger charge is 2.04. The summed E-state index contributed by atoms with van der Waals surface area (Å²) in [5.74, 6) is -0.512. The zero-order valence-electron chi connectivity index (χ0n) is 10.2. The predicted octanol–water partition coefficient (Wildman–Crippen LogP) is 2.80. The summed E-state index contributed by atoms with van der Waals surface area (Å²) in [6.07, 6.45) is 0. The van der Waals surface area contributed by atoms with Crippen LogP contribution < -0.4 is 5.32 Å². The summed E-state index contributed by atoms with van der Waals surface area (Å²) >= 11 is 0. The molecule has 0 bridgehead atoms. The van der Waals surface area contributed by atoms with Gasteiger partial charge in [0.1, 0.15) is 11.9 Å². The fourth-order valence-corrected chi connectivity index (χ4v) is 1.80. The van der Waals surface area contributed by atoms with Gasteiger partial charge in [-0.1, -0.05) is 24.3 Å². The van der Waals surface area contributed by atoms with Gasteiger partial charge in [0.2, 0.25) is 0 Å². The normalized spacial score (nSPS) is 9.95. The van der Waals surface area contributed by atoms with E-state index in [0.717, 1.165) is 16.8 Å². The van der Waals surface area contributed by atoms with E-state index >= 15 is 0 Å². The topological polar surface area (TPSA) is 56.0 Å². The van der Waals surface area contributed by atoms with Gasteiger partial charge in [0.15, 0.2) is 0 Å². The van der Waals surface area contributed by atoms with Crippen molar-refractivity contribution < 1.29 is 9.50 Å². The molecule has 4 heteroatoms. The van der Waals surface area contributed by atoms with Gasteiger partial charge < -0.3 is 10.4 Å². The van der Waals surface area contributed by atoms with Gasteiger partial charge in [0.25, 0.3) is 0 Å². The zero-order valence-corrected chi connectivity index (χ0v) is 10.2. The smallest absolute Gasteiger partial charge is 0.140 e. The number of rotatable bonds is 4. The highest BCUT2D eigenvalue weighted by Crippen LogP contribution is 2.17. The van der Waals surface area contributed by atoms with Gasteiger partial charge >= 0.3 is 0 Å². The number of nitrogens with zero attached hydrogens (tertiary/aromatic N) is 1. The van der Waals surface area contributed by atoms with Gasteiger partial charge in [-0.05, 0) is 23.8 Å². The number of aliphatic hydroxyl groups excluding tert-OH is 1. The Bertz CT molecular complexity index is 620. The number of para-hydroxylation sites is 1. The molecule has 0 fully saturated rings. The number of halogens is 1. The molecular formula is C15H13FN2O. The Morgan fingerprint density at radius 1 is 1.21 bits per heavy atom. The Labute approximate surface area is 110 Å². The maximum absolute atomic E-state index is 13.2. The molecule has 0 amide bonds. The number of anilines is 1. The minimum atomic E-state index is -0.512. The summed E-state index contributed by atoms with van der Waals surface area (Å²) in [5, 5.41) is 21.1. The first-order chi connectivity index (χ1) is 9.24. The number of hydrogen-bond acceptors (Lipinski definition) is 3. The molecule has 0 saturated heterocycles. The summed E-state index contributed by atoms with van der Waals surface area (Å²) in [5.41, 5.74) is 2.47. The average molecular weight is 256 g/mol. The summed E-state index contributed by atoms with van der Waals surface area (Å²) < 4.78 is 13.2. The van der Waals surface area contributed by atoms with Crippen LogP contribution in [0.4, 0.5) is 10.1 Å². The van der Waals surface area contributed by atoms with Gasteiger partial charge in [-0.15, -0.1) is 0 Å². The Morgan fingerprint density at radius 2 is 2.00 bits per heavy atom. The van der Waals surface area contributed by atoms with Crippen molar-refractivity contribution in [3.63, 3.8) is 0 Å². The van der Waals surface area contributed by atoms with E-state index in [9.17, 15) is 9.50 Å². The number of benzene rings is 2. The monoisotopic (exact) mass is 256 g/mol. The first-order valence-corrected chi connectivity index (χ1v) is 5.85. The molecule has 0 spiro atoms. The van der Waals surface area contributed by atoms with E-state index in [1.54, 1.807) is 6.07 Å². The van der Waals surface area contributed by atoms with E-state index in [0.29, 0.717) is 6.54 Å². The zero-order chi connectivity index (χ0) is 13.7. The SMILES string of the molecule is N#Cc1cc(CNc2ccccc2CO)ccc1F. The maximum Gasteiger partial charge on any atom is 0.140 e. The van der Waals surface area contributed by atoms with Gasteiger partial charge in [-0.3, -0.25) is 0 Å². The van der Waals surface area contributed by atoms with Crippen molar-refractivity contribution in [1.29, 1.82) is 5.26 Å². The van der Waals surface area contributed by atoms with E-state index in [4.69, 9.17) is 5.26 Å². The summed E-state index contributed by atoms with van der Waals surface area (Å²) in [4.78, 5) is 0. The van der Waals surface area contributed by atoms with Crippen molar-refractivity contribution in [2.75, 3.05) is 5.32 Å². The van der Waals surface area contributed by atoms with Crippen molar-refractivity contribution >= 4 is 5.69 Å². The standard InChI is InChI=1S/C15H13FN2O/c16-14-6-5-11(7-13(14)8-17)9-18-15-4-2-1-3-12(15)10-19/h1-7,18-19H,9-10H2. The minimum Gasteiger partial charge on any atom is -0.392 e. The van der Waals surface area contributed by atoms with Crippen molar-refractivity contribution in [2.45, 2.75) is 13.2 Å². The molecular weight excluding hydrogens is 243 g/mol. The molecule has 0 atom stereocenters. The molecule has 2 aromatic carbocycles. The molecule has 2 aromatic rings. The molecule has 2 rings (SSSR count). The lowest BCUT2D eigenvalue weighted by Crippen LogP contribution is -2.03. The summed E-state index contributed by atoms with van der Waals surface area (Å²) in [7, 11) is 0. The van der Waals surface area contributed by atoms with E-state index in [1.165, 1.54) is 12.1 Å². The van der Waals surface area contributed by atoms with Crippen LogP contribution in [0.1, 0.15) is 16.7 Å². The van der Waals surface area contributed by atoms with Gasteiger partial charge in [0.05, 0.1) is 12.2 Å². The Morgan fingerprint density at radius 3 is 2.74 bits per heavy atom. The lowest BCUT2D eigenvalue weighted by molar-refractivity contribution is 0.282. The second-order valence-corrected chi connectivity index (χ2v) is 4.09. The Kier molecular flexibility index (Phi) is 4.11. The number of nitrogens with one attached hydrogen (secondary N) is 1. The third-order valence-electron chi connectivity index (χ3n) is 2.82. The molecule has 0 unspecified atom stereocenters. The Balaban J connectivity index is 2.13. The third kappa shape index (κ3) is 3.09. The van der Waals surface area contributed by atoms with Crippen LogP contribution in [-0.4, -0.2) is 5.11 Å². The van der Waals surface area contributed by atoms with Crippen LogP contribution in [0.5, 0.6) is 0 Å². The van der Waals surface area contributed by atoms with E-state index in [-0.39, 0.29) is 12.2 Å². The largest absolute Gasteiger partial charge is 0.392 e.